The molecule has 0 radical (unpaired) electrons. The van der Waals surface area contributed by atoms with Crippen LogP contribution in [-0.4, -0.2) is 67.2 Å². The Kier molecular flexibility index (Phi) is 5.76. The Balaban J connectivity index is 1.38. The van der Waals surface area contributed by atoms with Crippen molar-refractivity contribution >= 4 is 60.7 Å². The summed E-state index contributed by atoms with van der Waals surface area (Å²) in [6.45, 7) is 2.72. The molecule has 8 nitrogen and oxygen atoms in total. The van der Waals surface area contributed by atoms with Crippen molar-refractivity contribution in [3.63, 3.8) is 0 Å². The van der Waals surface area contributed by atoms with Crippen molar-refractivity contribution in [3.8, 4) is 0 Å². The van der Waals surface area contributed by atoms with Crippen LogP contribution in [0.2, 0.25) is 0 Å². The lowest BCUT2D eigenvalue weighted by atomic mass is 9.96. The largest absolute Gasteiger partial charge is 0.369 e. The highest BCUT2D eigenvalue weighted by atomic mass is 32.2. The standard InChI is InChI=1S/C22H25N5O3S3/c1-26(33(29,30)19-6-3-11-31-19)17-5-2-4-15-12-16(25-20(15)17)21-24-14-22(32-21)7-9-27(10-8-22)13-18(23)28/h2-6,11-12,25H,7-10,13-14H2,1H3,(H2,23,28). The van der Waals surface area contributed by atoms with Gasteiger partial charge in [-0.05, 0) is 36.4 Å². The van der Waals surface area contributed by atoms with Crippen molar-refractivity contribution in [3.05, 3.63) is 47.5 Å². The van der Waals surface area contributed by atoms with Crippen molar-refractivity contribution in [1.82, 2.24) is 9.88 Å². The van der Waals surface area contributed by atoms with Gasteiger partial charge < -0.3 is 10.7 Å². The number of nitrogens with one attached hydrogen (secondary N) is 1. The maximum Gasteiger partial charge on any atom is 0.273 e. The third-order valence-corrected chi connectivity index (χ3v) is 10.9. The second-order valence-corrected chi connectivity index (χ2v) is 13.1. The number of hydrogen-bond acceptors (Lipinski definition) is 7. The van der Waals surface area contributed by atoms with Crippen LogP contribution in [0.3, 0.4) is 0 Å². The Labute approximate surface area is 200 Å². The first kappa shape index (κ1) is 22.5. The number of thiophene rings is 1. The maximum atomic E-state index is 13.1. The lowest BCUT2D eigenvalue weighted by Crippen LogP contribution is -2.46. The van der Waals surface area contributed by atoms with E-state index in [4.69, 9.17) is 10.7 Å². The molecule has 3 N–H and O–H groups in total. The number of aromatic nitrogens is 1. The second kappa shape index (κ2) is 8.46. The number of fused-ring (bicyclic) bond motifs is 1. The number of para-hydroxylation sites is 1. The number of hydrogen-bond donors (Lipinski definition) is 2. The van der Waals surface area contributed by atoms with Gasteiger partial charge in [-0.2, -0.15) is 0 Å². The van der Waals surface area contributed by atoms with E-state index < -0.39 is 10.0 Å². The average molecular weight is 504 g/mol. The Hall–Kier alpha value is -2.34. The Morgan fingerprint density at radius 1 is 1.27 bits per heavy atom. The minimum absolute atomic E-state index is 0.0445. The van der Waals surface area contributed by atoms with Crippen LogP contribution < -0.4 is 10.0 Å². The molecular weight excluding hydrogens is 478 g/mol. The van der Waals surface area contributed by atoms with Crippen LogP contribution in [0.1, 0.15) is 18.5 Å². The SMILES string of the molecule is CN(c1cccc2cc(C3=NCC4(CCN(CC(N)=O)CC4)S3)[nH]c12)S(=O)(=O)c1cccs1. The summed E-state index contributed by atoms with van der Waals surface area (Å²) in [5.74, 6) is -0.290. The normalized spacial score (nSPS) is 18.6. The monoisotopic (exact) mass is 503 g/mol. The third kappa shape index (κ3) is 4.18. The van der Waals surface area contributed by atoms with Gasteiger partial charge in [-0.15, -0.1) is 11.3 Å². The minimum atomic E-state index is -3.63. The fourth-order valence-corrected chi connectivity index (χ4v) is 8.06. The number of primary amides is 1. The third-order valence-electron chi connectivity index (χ3n) is 6.28. The predicted octanol–water partition coefficient (Wildman–Crippen LogP) is 2.87. The van der Waals surface area contributed by atoms with Crippen LogP contribution in [-0.2, 0) is 14.8 Å². The van der Waals surface area contributed by atoms with E-state index in [2.05, 4.69) is 9.88 Å². The molecule has 0 atom stereocenters. The number of piperidine rings is 1. The summed E-state index contributed by atoms with van der Waals surface area (Å²) in [4.78, 5) is 21.6. The molecule has 1 amide bonds. The number of nitrogens with zero attached hydrogens (tertiary/aromatic N) is 3. The number of amides is 1. The van der Waals surface area contributed by atoms with Gasteiger partial charge in [-0.3, -0.25) is 19.0 Å². The summed E-state index contributed by atoms with van der Waals surface area (Å²) in [5, 5.41) is 3.65. The van der Waals surface area contributed by atoms with Crippen LogP contribution in [0.5, 0.6) is 0 Å². The summed E-state index contributed by atoms with van der Waals surface area (Å²) in [7, 11) is -2.04. The van der Waals surface area contributed by atoms with Gasteiger partial charge >= 0.3 is 0 Å². The van der Waals surface area contributed by atoms with Gasteiger partial charge in [0.05, 0.1) is 30.0 Å². The fourth-order valence-electron chi connectivity index (χ4n) is 4.42. The topological polar surface area (TPSA) is 112 Å². The number of aliphatic imine (C=N–C) groups is 1. The molecule has 0 bridgehead atoms. The molecule has 11 heteroatoms. The molecule has 0 aliphatic carbocycles. The molecule has 2 aliphatic rings. The zero-order valence-electron chi connectivity index (χ0n) is 18.2. The van der Waals surface area contributed by atoms with Gasteiger partial charge in [0.25, 0.3) is 10.0 Å². The number of thioether (sulfide) groups is 1. The van der Waals surface area contributed by atoms with Gasteiger partial charge in [0.2, 0.25) is 5.91 Å². The number of likely N-dealkylation sites (tertiary alicyclic amines) is 1. The summed E-state index contributed by atoms with van der Waals surface area (Å²) in [6, 6.07) is 11.1. The number of nitrogens with two attached hydrogens (primary N) is 1. The van der Waals surface area contributed by atoms with Gasteiger partial charge in [0, 0.05) is 30.3 Å². The van der Waals surface area contributed by atoms with E-state index in [9.17, 15) is 13.2 Å². The molecule has 3 aromatic rings. The lowest BCUT2D eigenvalue weighted by molar-refractivity contribution is -0.119. The summed E-state index contributed by atoms with van der Waals surface area (Å²) in [5.41, 5.74) is 7.62. The van der Waals surface area contributed by atoms with Gasteiger partial charge in [-0.1, -0.05) is 30.0 Å². The smallest absolute Gasteiger partial charge is 0.273 e. The van der Waals surface area contributed by atoms with Gasteiger partial charge in [0.1, 0.15) is 9.25 Å². The quantitative estimate of drug-likeness (QED) is 0.537. The van der Waals surface area contributed by atoms with Gasteiger partial charge in [-0.25, -0.2) is 8.42 Å². The molecule has 5 rings (SSSR count). The molecule has 174 valence electrons. The summed E-state index contributed by atoms with van der Waals surface area (Å²) >= 11 is 2.99. The molecule has 4 heterocycles. The summed E-state index contributed by atoms with van der Waals surface area (Å²) < 4.78 is 27.8. The number of carbonyl (C=O) groups excluding carboxylic acids is 1. The van der Waals surface area contributed by atoms with Crippen molar-refractivity contribution in [1.29, 1.82) is 0 Å². The molecule has 0 unspecified atom stereocenters. The first-order chi connectivity index (χ1) is 15.8. The average Bonchev–Trinajstić information content (AvgIpc) is 3.54. The van der Waals surface area contributed by atoms with Crippen molar-refractivity contribution < 1.29 is 13.2 Å². The number of rotatable bonds is 6. The molecule has 1 fully saturated rings. The van der Waals surface area contributed by atoms with Crippen LogP contribution in [0, 0.1) is 0 Å². The number of anilines is 1. The zero-order chi connectivity index (χ0) is 23.2. The van der Waals surface area contributed by atoms with Crippen molar-refractivity contribution in [2.45, 2.75) is 21.8 Å². The number of carbonyl (C=O) groups is 1. The highest BCUT2D eigenvalue weighted by Crippen LogP contribution is 2.43. The van der Waals surface area contributed by atoms with E-state index in [-0.39, 0.29) is 10.7 Å². The lowest BCUT2D eigenvalue weighted by Gasteiger charge is -2.37. The first-order valence-corrected chi connectivity index (χ1v) is 13.8. The summed E-state index contributed by atoms with van der Waals surface area (Å²) in [6.07, 6.45) is 1.90. The molecule has 1 spiro atoms. The minimum Gasteiger partial charge on any atom is -0.369 e. The molecular formula is C22H25N5O3S3. The number of aromatic amines is 1. The van der Waals surface area contributed by atoms with Crippen molar-refractivity contribution in [2.24, 2.45) is 10.7 Å². The second-order valence-electron chi connectivity index (χ2n) is 8.48. The van der Waals surface area contributed by atoms with E-state index in [1.165, 1.54) is 15.6 Å². The Morgan fingerprint density at radius 3 is 2.76 bits per heavy atom. The Morgan fingerprint density at radius 2 is 2.06 bits per heavy atom. The van der Waals surface area contributed by atoms with Crippen LogP contribution in [0.15, 0.2) is 51.0 Å². The molecule has 1 saturated heterocycles. The van der Waals surface area contributed by atoms with E-state index in [0.717, 1.165) is 54.1 Å². The number of benzene rings is 1. The molecule has 2 aliphatic heterocycles. The van der Waals surface area contributed by atoms with E-state index in [1.807, 2.05) is 24.3 Å². The number of H-pyrrole nitrogens is 1. The molecule has 33 heavy (non-hydrogen) atoms. The van der Waals surface area contributed by atoms with E-state index >= 15 is 0 Å². The zero-order valence-corrected chi connectivity index (χ0v) is 20.6. The van der Waals surface area contributed by atoms with E-state index in [1.54, 1.807) is 36.3 Å². The highest BCUT2D eigenvalue weighted by Gasteiger charge is 2.40. The number of sulfonamides is 1. The molecule has 0 saturated carbocycles. The highest BCUT2D eigenvalue weighted by molar-refractivity contribution is 8.15. The first-order valence-electron chi connectivity index (χ1n) is 10.7. The van der Waals surface area contributed by atoms with E-state index in [0.29, 0.717) is 16.4 Å². The molecule has 2 aromatic heterocycles. The predicted molar refractivity (Wildman–Crippen MR) is 135 cm³/mol. The Bertz CT molecular complexity index is 1320. The van der Waals surface area contributed by atoms with Crippen molar-refractivity contribution in [2.75, 3.05) is 37.5 Å². The van der Waals surface area contributed by atoms with Crippen LogP contribution >= 0.6 is 23.1 Å². The van der Waals surface area contributed by atoms with Gasteiger partial charge in [0.15, 0.2) is 0 Å². The maximum absolute atomic E-state index is 13.1. The molecule has 1 aromatic carbocycles. The van der Waals surface area contributed by atoms with Crippen LogP contribution in [0.4, 0.5) is 5.69 Å². The van der Waals surface area contributed by atoms with Crippen LogP contribution in [0.25, 0.3) is 10.9 Å². The fraction of sp³-hybridized carbons (Fsp3) is 0.364.